The van der Waals surface area contributed by atoms with Gasteiger partial charge in [0.25, 0.3) is 0 Å². The molecule has 0 aromatic heterocycles. The summed E-state index contributed by atoms with van der Waals surface area (Å²) < 4.78 is 5.87. The number of aryl methyl sites for hydroxylation is 1. The first-order valence-corrected chi connectivity index (χ1v) is 5.34. The second-order valence-corrected chi connectivity index (χ2v) is 3.93. The van der Waals surface area contributed by atoms with Crippen LogP contribution in [0, 0.1) is 0 Å². The van der Waals surface area contributed by atoms with Crippen molar-refractivity contribution in [2.24, 2.45) is 0 Å². The van der Waals surface area contributed by atoms with Gasteiger partial charge >= 0.3 is 0 Å². The Balaban J connectivity index is 2.15. The predicted molar refractivity (Wildman–Crippen MR) is 58.5 cm³/mol. The summed E-state index contributed by atoms with van der Waals surface area (Å²) in [5.74, 6) is 1.03. The van der Waals surface area contributed by atoms with Crippen molar-refractivity contribution in [3.8, 4) is 5.75 Å². The molecule has 0 fully saturated rings. The van der Waals surface area contributed by atoms with Gasteiger partial charge in [-0.25, -0.2) is 0 Å². The van der Waals surface area contributed by atoms with E-state index in [1.165, 1.54) is 12.0 Å². The van der Waals surface area contributed by atoms with Gasteiger partial charge < -0.3 is 10.5 Å². The molecule has 1 heterocycles. The molecule has 0 spiro atoms. The third kappa shape index (κ3) is 1.84. The van der Waals surface area contributed by atoms with Gasteiger partial charge in [0.1, 0.15) is 5.75 Å². The standard InChI is InChI=1S/C12H17NO/c1-2-3-11-6-4-9-8-10(13)5-7-12(9)14-11/h5,7-8,11H,2-4,6,13H2,1H3. The number of rotatable bonds is 2. The van der Waals surface area contributed by atoms with Gasteiger partial charge in [0.2, 0.25) is 0 Å². The zero-order valence-electron chi connectivity index (χ0n) is 8.62. The zero-order chi connectivity index (χ0) is 9.97. The molecule has 1 unspecified atom stereocenters. The molecule has 1 aliphatic rings. The summed E-state index contributed by atoms with van der Waals surface area (Å²) in [4.78, 5) is 0. The number of fused-ring (bicyclic) bond motifs is 1. The fourth-order valence-electron chi connectivity index (χ4n) is 1.99. The normalized spacial score (nSPS) is 19.9. The molecule has 0 aliphatic carbocycles. The Morgan fingerprint density at radius 1 is 1.50 bits per heavy atom. The summed E-state index contributed by atoms with van der Waals surface area (Å²) in [6, 6.07) is 5.93. The minimum absolute atomic E-state index is 0.413. The highest BCUT2D eigenvalue weighted by molar-refractivity contribution is 5.48. The van der Waals surface area contributed by atoms with Crippen molar-refractivity contribution in [2.75, 3.05) is 5.73 Å². The van der Waals surface area contributed by atoms with Crippen molar-refractivity contribution in [1.82, 2.24) is 0 Å². The van der Waals surface area contributed by atoms with Gasteiger partial charge in [0.05, 0.1) is 6.10 Å². The molecule has 0 bridgehead atoms. The van der Waals surface area contributed by atoms with Gasteiger partial charge in [-0.1, -0.05) is 13.3 Å². The van der Waals surface area contributed by atoms with Crippen molar-refractivity contribution in [2.45, 2.75) is 38.7 Å². The molecule has 76 valence electrons. The van der Waals surface area contributed by atoms with E-state index in [0.717, 1.165) is 30.7 Å². The van der Waals surface area contributed by atoms with Gasteiger partial charge in [0, 0.05) is 5.69 Å². The first-order valence-electron chi connectivity index (χ1n) is 5.34. The Morgan fingerprint density at radius 2 is 2.36 bits per heavy atom. The third-order valence-electron chi connectivity index (χ3n) is 2.72. The van der Waals surface area contributed by atoms with E-state index >= 15 is 0 Å². The fourth-order valence-corrected chi connectivity index (χ4v) is 1.99. The SMILES string of the molecule is CCCC1CCc2cc(N)ccc2O1. The summed E-state index contributed by atoms with van der Waals surface area (Å²) >= 11 is 0. The van der Waals surface area contributed by atoms with Crippen LogP contribution in [-0.4, -0.2) is 6.10 Å². The van der Waals surface area contributed by atoms with Crippen LogP contribution in [0.3, 0.4) is 0 Å². The predicted octanol–water partition coefficient (Wildman–Crippen LogP) is 2.76. The van der Waals surface area contributed by atoms with Gasteiger partial charge in [0.15, 0.2) is 0 Å². The van der Waals surface area contributed by atoms with E-state index in [9.17, 15) is 0 Å². The van der Waals surface area contributed by atoms with Crippen LogP contribution in [0.1, 0.15) is 31.7 Å². The van der Waals surface area contributed by atoms with Crippen LogP contribution in [-0.2, 0) is 6.42 Å². The van der Waals surface area contributed by atoms with Crippen molar-refractivity contribution < 1.29 is 4.74 Å². The average Bonchev–Trinajstić information content (AvgIpc) is 2.19. The van der Waals surface area contributed by atoms with Crippen molar-refractivity contribution >= 4 is 5.69 Å². The van der Waals surface area contributed by atoms with Gasteiger partial charge in [-0.15, -0.1) is 0 Å². The summed E-state index contributed by atoms with van der Waals surface area (Å²) in [6.45, 7) is 2.20. The van der Waals surface area contributed by atoms with E-state index in [-0.39, 0.29) is 0 Å². The Bertz CT molecular complexity index is 322. The quantitative estimate of drug-likeness (QED) is 0.729. The number of ether oxygens (including phenoxy) is 1. The van der Waals surface area contributed by atoms with Gasteiger partial charge in [-0.2, -0.15) is 0 Å². The Labute approximate surface area is 85.1 Å². The van der Waals surface area contributed by atoms with Crippen LogP contribution < -0.4 is 10.5 Å². The Morgan fingerprint density at radius 3 is 3.14 bits per heavy atom. The number of benzene rings is 1. The maximum absolute atomic E-state index is 5.87. The molecule has 1 aliphatic heterocycles. The molecule has 2 rings (SSSR count). The maximum Gasteiger partial charge on any atom is 0.123 e. The van der Waals surface area contributed by atoms with Crippen LogP contribution in [0.5, 0.6) is 5.75 Å². The molecule has 2 N–H and O–H groups in total. The zero-order valence-corrected chi connectivity index (χ0v) is 8.62. The molecule has 14 heavy (non-hydrogen) atoms. The van der Waals surface area contributed by atoms with E-state index in [1.54, 1.807) is 0 Å². The van der Waals surface area contributed by atoms with E-state index in [0.29, 0.717) is 6.10 Å². The number of nitrogens with two attached hydrogens (primary N) is 1. The molecule has 2 heteroatoms. The highest BCUT2D eigenvalue weighted by atomic mass is 16.5. The van der Waals surface area contributed by atoms with Crippen LogP contribution in [0.15, 0.2) is 18.2 Å². The maximum atomic E-state index is 5.87. The number of anilines is 1. The number of nitrogen functional groups attached to an aromatic ring is 1. The Kier molecular flexibility index (Phi) is 2.62. The minimum Gasteiger partial charge on any atom is -0.490 e. The monoisotopic (exact) mass is 191 g/mol. The molecule has 1 aromatic rings. The van der Waals surface area contributed by atoms with Crippen LogP contribution in [0.25, 0.3) is 0 Å². The molecule has 2 nitrogen and oxygen atoms in total. The second kappa shape index (κ2) is 3.91. The van der Waals surface area contributed by atoms with E-state index in [2.05, 4.69) is 6.92 Å². The second-order valence-electron chi connectivity index (χ2n) is 3.93. The lowest BCUT2D eigenvalue weighted by Crippen LogP contribution is -2.22. The third-order valence-corrected chi connectivity index (χ3v) is 2.72. The van der Waals surface area contributed by atoms with Crippen LogP contribution in [0.2, 0.25) is 0 Å². The molecule has 0 saturated heterocycles. The molecule has 0 saturated carbocycles. The Hall–Kier alpha value is -1.18. The summed E-state index contributed by atoms with van der Waals surface area (Å²) in [6.07, 6.45) is 4.99. The van der Waals surface area contributed by atoms with Crippen LogP contribution in [0.4, 0.5) is 5.69 Å². The smallest absolute Gasteiger partial charge is 0.123 e. The van der Waals surface area contributed by atoms with Crippen molar-refractivity contribution in [1.29, 1.82) is 0 Å². The summed E-state index contributed by atoms with van der Waals surface area (Å²) in [7, 11) is 0. The summed E-state index contributed by atoms with van der Waals surface area (Å²) in [5.41, 5.74) is 7.82. The van der Waals surface area contributed by atoms with E-state index < -0.39 is 0 Å². The summed E-state index contributed by atoms with van der Waals surface area (Å²) in [5, 5.41) is 0. The first kappa shape index (κ1) is 9.38. The molecular weight excluding hydrogens is 174 g/mol. The number of hydrogen-bond acceptors (Lipinski definition) is 2. The topological polar surface area (TPSA) is 35.2 Å². The lowest BCUT2D eigenvalue weighted by Gasteiger charge is -2.26. The average molecular weight is 191 g/mol. The van der Waals surface area contributed by atoms with Crippen LogP contribution >= 0.6 is 0 Å². The molecule has 0 amide bonds. The van der Waals surface area contributed by atoms with Crippen molar-refractivity contribution in [3.63, 3.8) is 0 Å². The first-order chi connectivity index (χ1) is 6.79. The van der Waals surface area contributed by atoms with Crippen molar-refractivity contribution in [3.05, 3.63) is 23.8 Å². The molecule has 1 aromatic carbocycles. The van der Waals surface area contributed by atoms with Gasteiger partial charge in [-0.3, -0.25) is 0 Å². The minimum atomic E-state index is 0.413. The molecule has 1 atom stereocenters. The number of hydrogen-bond donors (Lipinski definition) is 1. The lowest BCUT2D eigenvalue weighted by molar-refractivity contribution is 0.163. The van der Waals surface area contributed by atoms with Gasteiger partial charge in [-0.05, 0) is 43.0 Å². The fraction of sp³-hybridized carbons (Fsp3) is 0.500. The molecular formula is C12H17NO. The largest absolute Gasteiger partial charge is 0.490 e. The highest BCUT2D eigenvalue weighted by Crippen LogP contribution is 2.30. The van der Waals surface area contributed by atoms with E-state index in [1.807, 2.05) is 18.2 Å². The van der Waals surface area contributed by atoms with E-state index in [4.69, 9.17) is 10.5 Å². The highest BCUT2D eigenvalue weighted by Gasteiger charge is 2.18. The molecule has 0 radical (unpaired) electrons. The lowest BCUT2D eigenvalue weighted by atomic mass is 9.99.